The fourth-order valence-electron chi connectivity index (χ4n) is 2.72. The molecule has 1 aromatic rings. The smallest absolute Gasteiger partial charge is 0.220 e. The minimum atomic E-state index is 0.0344. The zero-order valence-electron chi connectivity index (χ0n) is 13.2. The highest BCUT2D eigenvalue weighted by Crippen LogP contribution is 2.20. The van der Waals surface area contributed by atoms with Crippen molar-refractivity contribution in [3.63, 3.8) is 0 Å². The molecule has 6 nitrogen and oxygen atoms in total. The number of nitrogens with one attached hydrogen (secondary N) is 1. The highest BCUT2D eigenvalue weighted by Gasteiger charge is 2.22. The van der Waals surface area contributed by atoms with Crippen molar-refractivity contribution in [3.8, 4) is 5.88 Å². The first kappa shape index (κ1) is 16.3. The van der Waals surface area contributed by atoms with E-state index in [9.17, 15) is 9.59 Å². The molecular formula is C16H23N3O3. The van der Waals surface area contributed by atoms with E-state index in [4.69, 9.17) is 4.74 Å². The van der Waals surface area contributed by atoms with Gasteiger partial charge in [-0.25, -0.2) is 4.98 Å². The Kier molecular flexibility index (Phi) is 5.75. The summed E-state index contributed by atoms with van der Waals surface area (Å²) < 4.78 is 5.16. The molecule has 6 heteroatoms. The molecule has 0 radical (unpaired) electrons. The Labute approximate surface area is 130 Å². The van der Waals surface area contributed by atoms with Crippen LogP contribution in [0.15, 0.2) is 18.3 Å². The van der Waals surface area contributed by atoms with E-state index in [2.05, 4.69) is 10.3 Å². The number of carbonyl (C=O) groups is 2. The van der Waals surface area contributed by atoms with E-state index < -0.39 is 0 Å². The third kappa shape index (κ3) is 4.44. The number of aromatic nitrogens is 1. The standard InChI is InChI=1S/C16H23N3O3/c1-12(20)19-8-5-13(6-9-19)10-15(21)18-11-14-4-3-7-17-16(14)22-2/h3-4,7,13H,5-6,8-11H2,1-2H3,(H,18,21). The fourth-order valence-corrected chi connectivity index (χ4v) is 2.72. The van der Waals surface area contributed by atoms with Gasteiger partial charge in [-0.15, -0.1) is 0 Å². The number of methoxy groups -OCH3 is 1. The lowest BCUT2D eigenvalue weighted by atomic mass is 9.93. The number of hydrogen-bond donors (Lipinski definition) is 1. The number of pyridine rings is 1. The van der Waals surface area contributed by atoms with E-state index in [1.54, 1.807) is 20.2 Å². The average molecular weight is 305 g/mol. The Morgan fingerprint density at radius 2 is 2.14 bits per heavy atom. The molecule has 0 spiro atoms. The first-order chi connectivity index (χ1) is 10.6. The summed E-state index contributed by atoms with van der Waals surface area (Å²) in [6.45, 7) is 3.52. The van der Waals surface area contributed by atoms with Crippen LogP contribution in [0.4, 0.5) is 0 Å². The van der Waals surface area contributed by atoms with Crippen LogP contribution in [0.5, 0.6) is 5.88 Å². The SMILES string of the molecule is COc1ncccc1CNC(=O)CC1CCN(C(C)=O)CC1. The monoisotopic (exact) mass is 305 g/mol. The number of nitrogens with zero attached hydrogens (tertiary/aromatic N) is 2. The predicted octanol–water partition coefficient (Wildman–Crippen LogP) is 1.35. The zero-order valence-corrected chi connectivity index (χ0v) is 13.2. The Morgan fingerprint density at radius 1 is 1.41 bits per heavy atom. The average Bonchev–Trinajstić information content (AvgIpc) is 2.53. The first-order valence-electron chi connectivity index (χ1n) is 7.60. The lowest BCUT2D eigenvalue weighted by Crippen LogP contribution is -2.38. The normalized spacial score (nSPS) is 15.5. The Bertz CT molecular complexity index is 525. The van der Waals surface area contributed by atoms with Crippen molar-refractivity contribution < 1.29 is 14.3 Å². The van der Waals surface area contributed by atoms with Crippen LogP contribution in [0.1, 0.15) is 31.7 Å². The number of ether oxygens (including phenoxy) is 1. The van der Waals surface area contributed by atoms with Crippen molar-refractivity contribution in [1.82, 2.24) is 15.2 Å². The Balaban J connectivity index is 1.76. The highest BCUT2D eigenvalue weighted by molar-refractivity contribution is 5.76. The summed E-state index contributed by atoms with van der Waals surface area (Å²) >= 11 is 0. The first-order valence-corrected chi connectivity index (χ1v) is 7.60. The van der Waals surface area contributed by atoms with Crippen LogP contribution in [0.2, 0.25) is 0 Å². The molecule has 1 fully saturated rings. The van der Waals surface area contributed by atoms with E-state index in [1.165, 1.54) is 0 Å². The molecule has 2 rings (SSSR count). The van der Waals surface area contributed by atoms with E-state index in [-0.39, 0.29) is 11.8 Å². The van der Waals surface area contributed by atoms with Gasteiger partial charge < -0.3 is 15.0 Å². The number of likely N-dealkylation sites (tertiary alicyclic amines) is 1. The molecule has 120 valence electrons. The van der Waals surface area contributed by atoms with Crippen molar-refractivity contribution in [2.45, 2.75) is 32.7 Å². The van der Waals surface area contributed by atoms with Gasteiger partial charge in [0.25, 0.3) is 0 Å². The maximum Gasteiger partial charge on any atom is 0.220 e. The molecule has 0 atom stereocenters. The molecule has 0 saturated carbocycles. The molecular weight excluding hydrogens is 282 g/mol. The molecule has 1 aliphatic heterocycles. The van der Waals surface area contributed by atoms with Gasteiger partial charge in [0.1, 0.15) is 0 Å². The number of hydrogen-bond acceptors (Lipinski definition) is 4. The number of piperidine rings is 1. The van der Waals surface area contributed by atoms with E-state index >= 15 is 0 Å². The maximum absolute atomic E-state index is 12.0. The van der Waals surface area contributed by atoms with Crippen LogP contribution in [0.3, 0.4) is 0 Å². The quantitative estimate of drug-likeness (QED) is 0.891. The van der Waals surface area contributed by atoms with Crippen molar-refractivity contribution >= 4 is 11.8 Å². The van der Waals surface area contributed by atoms with E-state index in [0.717, 1.165) is 31.5 Å². The molecule has 0 bridgehead atoms. The maximum atomic E-state index is 12.0. The number of amides is 2. The lowest BCUT2D eigenvalue weighted by Gasteiger charge is -2.30. The fraction of sp³-hybridized carbons (Fsp3) is 0.562. The molecule has 22 heavy (non-hydrogen) atoms. The lowest BCUT2D eigenvalue weighted by molar-refractivity contribution is -0.130. The minimum Gasteiger partial charge on any atom is -0.481 e. The summed E-state index contributed by atoms with van der Waals surface area (Å²) in [4.78, 5) is 29.3. The minimum absolute atomic E-state index is 0.0344. The summed E-state index contributed by atoms with van der Waals surface area (Å²) in [5, 5.41) is 2.92. The molecule has 0 unspecified atom stereocenters. The van der Waals surface area contributed by atoms with Gasteiger partial charge in [0.05, 0.1) is 7.11 Å². The third-order valence-electron chi connectivity index (χ3n) is 4.05. The number of rotatable bonds is 5. The van der Waals surface area contributed by atoms with Crippen molar-refractivity contribution in [3.05, 3.63) is 23.9 Å². The Hall–Kier alpha value is -2.11. The molecule has 2 heterocycles. The van der Waals surface area contributed by atoms with Crippen LogP contribution in [0.25, 0.3) is 0 Å². The number of carbonyl (C=O) groups excluding carboxylic acids is 2. The summed E-state index contributed by atoms with van der Waals surface area (Å²) in [7, 11) is 1.57. The largest absolute Gasteiger partial charge is 0.481 e. The van der Waals surface area contributed by atoms with Crippen LogP contribution in [-0.4, -0.2) is 41.9 Å². The summed E-state index contributed by atoms with van der Waals surface area (Å²) in [6, 6.07) is 3.71. The predicted molar refractivity (Wildman–Crippen MR) is 82.2 cm³/mol. The van der Waals surface area contributed by atoms with E-state index in [1.807, 2.05) is 17.0 Å². The van der Waals surface area contributed by atoms with Gasteiger partial charge in [-0.1, -0.05) is 6.07 Å². The second-order valence-electron chi connectivity index (χ2n) is 5.60. The third-order valence-corrected chi connectivity index (χ3v) is 4.05. The van der Waals surface area contributed by atoms with Gasteiger partial charge >= 0.3 is 0 Å². The van der Waals surface area contributed by atoms with Gasteiger partial charge in [0, 0.05) is 44.7 Å². The van der Waals surface area contributed by atoms with Crippen LogP contribution >= 0.6 is 0 Å². The topological polar surface area (TPSA) is 71.5 Å². The molecule has 1 aromatic heterocycles. The van der Waals surface area contributed by atoms with Crippen LogP contribution in [-0.2, 0) is 16.1 Å². The molecule has 0 aromatic carbocycles. The van der Waals surface area contributed by atoms with Gasteiger partial charge in [0.15, 0.2) is 0 Å². The van der Waals surface area contributed by atoms with Gasteiger partial charge in [0.2, 0.25) is 17.7 Å². The van der Waals surface area contributed by atoms with Gasteiger partial charge in [-0.3, -0.25) is 9.59 Å². The van der Waals surface area contributed by atoms with Crippen molar-refractivity contribution in [1.29, 1.82) is 0 Å². The molecule has 1 aliphatic rings. The summed E-state index contributed by atoms with van der Waals surface area (Å²) in [5.74, 6) is 1.04. The molecule has 2 amide bonds. The molecule has 1 saturated heterocycles. The van der Waals surface area contributed by atoms with Gasteiger partial charge in [-0.05, 0) is 24.8 Å². The summed E-state index contributed by atoms with van der Waals surface area (Å²) in [6.07, 6.45) is 3.95. The van der Waals surface area contributed by atoms with Crippen molar-refractivity contribution in [2.75, 3.05) is 20.2 Å². The second-order valence-corrected chi connectivity index (χ2v) is 5.60. The van der Waals surface area contributed by atoms with Gasteiger partial charge in [-0.2, -0.15) is 0 Å². The summed E-state index contributed by atoms with van der Waals surface area (Å²) in [5.41, 5.74) is 0.866. The molecule has 1 N–H and O–H groups in total. The van der Waals surface area contributed by atoms with E-state index in [0.29, 0.717) is 24.8 Å². The van der Waals surface area contributed by atoms with Crippen LogP contribution in [0, 0.1) is 5.92 Å². The second kappa shape index (κ2) is 7.77. The van der Waals surface area contributed by atoms with Crippen LogP contribution < -0.4 is 10.1 Å². The highest BCUT2D eigenvalue weighted by atomic mass is 16.5. The zero-order chi connectivity index (χ0) is 15.9. The Morgan fingerprint density at radius 3 is 2.77 bits per heavy atom. The van der Waals surface area contributed by atoms with Crippen molar-refractivity contribution in [2.24, 2.45) is 5.92 Å². The molecule has 0 aliphatic carbocycles.